The summed E-state index contributed by atoms with van der Waals surface area (Å²) in [5.41, 5.74) is -0.162. The highest BCUT2D eigenvalue weighted by Crippen LogP contribution is 2.27. The van der Waals surface area contributed by atoms with Crippen molar-refractivity contribution in [2.75, 3.05) is 18.5 Å². The van der Waals surface area contributed by atoms with E-state index in [1.165, 1.54) is 12.3 Å². The number of anilines is 1. The molecule has 0 aliphatic heterocycles. The third-order valence-corrected chi connectivity index (χ3v) is 2.35. The SMILES string of the molecule is CC(C#N)CN(C)c1ncc(Cl)cc1[N+](=O)[O-]. The Morgan fingerprint density at radius 2 is 2.41 bits per heavy atom. The number of aromatic nitrogens is 1. The molecule has 1 heterocycles. The summed E-state index contributed by atoms with van der Waals surface area (Å²) in [6, 6.07) is 3.31. The molecule has 7 heteroatoms. The summed E-state index contributed by atoms with van der Waals surface area (Å²) in [5, 5.41) is 19.8. The van der Waals surface area contributed by atoms with Gasteiger partial charge in [-0.2, -0.15) is 5.26 Å². The number of pyridine rings is 1. The molecule has 0 saturated carbocycles. The lowest BCUT2D eigenvalue weighted by molar-refractivity contribution is -0.384. The van der Waals surface area contributed by atoms with E-state index in [0.717, 1.165) is 0 Å². The maximum Gasteiger partial charge on any atom is 0.313 e. The number of nitriles is 1. The van der Waals surface area contributed by atoms with E-state index in [1.807, 2.05) is 0 Å². The van der Waals surface area contributed by atoms with Crippen molar-refractivity contribution >= 4 is 23.1 Å². The predicted molar refractivity (Wildman–Crippen MR) is 63.9 cm³/mol. The molecule has 0 aliphatic rings. The number of hydrogen-bond donors (Lipinski definition) is 0. The van der Waals surface area contributed by atoms with Crippen LogP contribution < -0.4 is 4.90 Å². The van der Waals surface area contributed by atoms with Crippen LogP contribution in [0.15, 0.2) is 12.3 Å². The van der Waals surface area contributed by atoms with Crippen molar-refractivity contribution in [3.63, 3.8) is 0 Å². The van der Waals surface area contributed by atoms with Gasteiger partial charge in [-0.15, -0.1) is 0 Å². The molecule has 0 fully saturated rings. The van der Waals surface area contributed by atoms with Crippen LogP contribution in [0.1, 0.15) is 6.92 Å². The summed E-state index contributed by atoms with van der Waals surface area (Å²) >= 11 is 5.66. The number of halogens is 1. The zero-order chi connectivity index (χ0) is 13.0. The van der Waals surface area contributed by atoms with E-state index in [-0.39, 0.29) is 22.4 Å². The van der Waals surface area contributed by atoms with E-state index in [1.54, 1.807) is 18.9 Å². The summed E-state index contributed by atoms with van der Waals surface area (Å²) in [7, 11) is 1.65. The Bertz CT molecular complexity index is 472. The number of nitro groups is 1. The monoisotopic (exact) mass is 254 g/mol. The van der Waals surface area contributed by atoms with Crippen LogP contribution in [0.5, 0.6) is 0 Å². The van der Waals surface area contributed by atoms with E-state index >= 15 is 0 Å². The van der Waals surface area contributed by atoms with Gasteiger partial charge in [0, 0.05) is 25.9 Å². The van der Waals surface area contributed by atoms with E-state index in [9.17, 15) is 10.1 Å². The van der Waals surface area contributed by atoms with Gasteiger partial charge < -0.3 is 4.90 Å². The first kappa shape index (κ1) is 13.2. The van der Waals surface area contributed by atoms with Crippen LogP contribution in [0.4, 0.5) is 11.5 Å². The summed E-state index contributed by atoms with van der Waals surface area (Å²) in [6.07, 6.45) is 1.34. The zero-order valence-electron chi connectivity index (χ0n) is 9.42. The van der Waals surface area contributed by atoms with Crippen LogP contribution in [0, 0.1) is 27.4 Å². The number of hydrogen-bond acceptors (Lipinski definition) is 5. The van der Waals surface area contributed by atoms with E-state index in [2.05, 4.69) is 11.1 Å². The molecular formula is C10H11ClN4O2. The molecular weight excluding hydrogens is 244 g/mol. The molecule has 1 aromatic heterocycles. The lowest BCUT2D eigenvalue weighted by Crippen LogP contribution is -2.24. The maximum absolute atomic E-state index is 10.8. The highest BCUT2D eigenvalue weighted by molar-refractivity contribution is 6.30. The highest BCUT2D eigenvalue weighted by atomic mass is 35.5. The van der Waals surface area contributed by atoms with Gasteiger partial charge in [-0.1, -0.05) is 11.6 Å². The van der Waals surface area contributed by atoms with Crippen LogP contribution in [0.3, 0.4) is 0 Å². The molecule has 0 aromatic carbocycles. The Hall–Kier alpha value is -1.87. The fraction of sp³-hybridized carbons (Fsp3) is 0.400. The molecule has 0 bridgehead atoms. The van der Waals surface area contributed by atoms with Crippen LogP contribution in [-0.4, -0.2) is 23.5 Å². The minimum absolute atomic E-state index is 0.162. The standard InChI is InChI=1S/C10H11ClN4O2/c1-7(4-12)6-14(2)10-9(15(16)17)3-8(11)5-13-10/h3,5,7H,6H2,1-2H3. The lowest BCUT2D eigenvalue weighted by Gasteiger charge is -2.18. The molecule has 90 valence electrons. The van der Waals surface area contributed by atoms with Gasteiger partial charge in [0.25, 0.3) is 0 Å². The second-order valence-electron chi connectivity index (χ2n) is 3.66. The van der Waals surface area contributed by atoms with Crippen molar-refractivity contribution in [3.8, 4) is 6.07 Å². The summed E-state index contributed by atoms with van der Waals surface area (Å²) in [5.74, 6) is -0.0291. The first-order chi connectivity index (χ1) is 7.95. The van der Waals surface area contributed by atoms with Crippen LogP contribution in [0.25, 0.3) is 0 Å². The van der Waals surface area contributed by atoms with Crippen molar-refractivity contribution < 1.29 is 4.92 Å². The van der Waals surface area contributed by atoms with Gasteiger partial charge in [0.05, 0.1) is 21.9 Å². The molecule has 17 heavy (non-hydrogen) atoms. The fourth-order valence-corrected chi connectivity index (χ4v) is 1.54. The molecule has 0 N–H and O–H groups in total. The largest absolute Gasteiger partial charge is 0.353 e. The smallest absolute Gasteiger partial charge is 0.313 e. The average Bonchev–Trinajstić information content (AvgIpc) is 2.28. The van der Waals surface area contributed by atoms with Gasteiger partial charge in [0.2, 0.25) is 5.82 Å². The third kappa shape index (κ3) is 3.29. The molecule has 6 nitrogen and oxygen atoms in total. The molecule has 1 unspecified atom stereocenters. The Morgan fingerprint density at radius 1 is 1.76 bits per heavy atom. The summed E-state index contributed by atoms with van der Waals surface area (Å²) < 4.78 is 0. The fourth-order valence-electron chi connectivity index (χ4n) is 1.39. The Morgan fingerprint density at radius 3 is 2.94 bits per heavy atom. The first-order valence-electron chi connectivity index (χ1n) is 4.86. The Labute approximate surface area is 104 Å². The van der Waals surface area contributed by atoms with Gasteiger partial charge in [-0.25, -0.2) is 4.98 Å². The Balaban J connectivity index is 3.05. The lowest BCUT2D eigenvalue weighted by atomic mass is 10.2. The molecule has 0 saturated heterocycles. The minimum atomic E-state index is -0.540. The van der Waals surface area contributed by atoms with Crippen LogP contribution >= 0.6 is 11.6 Å². The molecule has 0 amide bonds. The van der Waals surface area contributed by atoms with E-state index < -0.39 is 4.92 Å². The Kier molecular flexibility index (Phi) is 4.24. The van der Waals surface area contributed by atoms with Crippen molar-refractivity contribution in [1.82, 2.24) is 4.98 Å². The zero-order valence-corrected chi connectivity index (χ0v) is 10.2. The average molecular weight is 255 g/mol. The predicted octanol–water partition coefficient (Wildman–Crippen LogP) is 2.24. The van der Waals surface area contributed by atoms with E-state index in [0.29, 0.717) is 6.54 Å². The van der Waals surface area contributed by atoms with Gasteiger partial charge in [-0.05, 0) is 6.92 Å². The normalized spacial score (nSPS) is 11.6. The molecule has 0 aliphatic carbocycles. The first-order valence-corrected chi connectivity index (χ1v) is 5.24. The maximum atomic E-state index is 10.8. The molecule has 0 radical (unpaired) electrons. The second kappa shape index (κ2) is 5.46. The van der Waals surface area contributed by atoms with Crippen LogP contribution in [0.2, 0.25) is 5.02 Å². The van der Waals surface area contributed by atoms with Crippen molar-refractivity contribution in [2.24, 2.45) is 5.92 Å². The summed E-state index contributed by atoms with van der Waals surface area (Å²) in [4.78, 5) is 15.8. The molecule has 1 atom stereocenters. The topological polar surface area (TPSA) is 83.1 Å². The quantitative estimate of drug-likeness (QED) is 0.608. The van der Waals surface area contributed by atoms with Crippen LogP contribution in [-0.2, 0) is 0 Å². The molecule has 1 rings (SSSR count). The molecule has 1 aromatic rings. The third-order valence-electron chi connectivity index (χ3n) is 2.14. The van der Waals surface area contributed by atoms with Gasteiger partial charge in [-0.3, -0.25) is 10.1 Å². The number of rotatable bonds is 4. The van der Waals surface area contributed by atoms with Gasteiger partial charge >= 0.3 is 5.69 Å². The van der Waals surface area contributed by atoms with Crippen molar-refractivity contribution in [3.05, 3.63) is 27.4 Å². The van der Waals surface area contributed by atoms with Crippen molar-refractivity contribution in [2.45, 2.75) is 6.92 Å². The van der Waals surface area contributed by atoms with E-state index in [4.69, 9.17) is 16.9 Å². The summed E-state index contributed by atoms with van der Waals surface area (Å²) in [6.45, 7) is 2.10. The van der Waals surface area contributed by atoms with Gasteiger partial charge in [0.15, 0.2) is 0 Å². The van der Waals surface area contributed by atoms with Crippen molar-refractivity contribution in [1.29, 1.82) is 5.26 Å². The highest BCUT2D eigenvalue weighted by Gasteiger charge is 2.20. The molecule has 0 spiro atoms. The van der Waals surface area contributed by atoms with Gasteiger partial charge in [0.1, 0.15) is 0 Å². The number of nitrogens with zero attached hydrogens (tertiary/aromatic N) is 4. The minimum Gasteiger partial charge on any atom is -0.353 e. The second-order valence-corrected chi connectivity index (χ2v) is 4.10.